The van der Waals surface area contributed by atoms with E-state index in [4.69, 9.17) is 4.74 Å². The van der Waals surface area contributed by atoms with Gasteiger partial charge in [-0.25, -0.2) is 0 Å². The Morgan fingerprint density at radius 1 is 1.08 bits per heavy atom. The van der Waals surface area contributed by atoms with E-state index in [2.05, 4.69) is 6.07 Å². The lowest BCUT2D eigenvalue weighted by Crippen LogP contribution is -2.37. The number of imide groups is 1. The van der Waals surface area contributed by atoms with Crippen molar-refractivity contribution in [2.75, 3.05) is 19.8 Å². The molecule has 0 bridgehead atoms. The van der Waals surface area contributed by atoms with Gasteiger partial charge < -0.3 is 4.74 Å². The number of amides is 2. The Balaban J connectivity index is 1.68. The van der Waals surface area contributed by atoms with Crippen molar-refractivity contribution in [2.45, 2.75) is 19.8 Å². The van der Waals surface area contributed by atoms with Gasteiger partial charge in [0.2, 0.25) is 0 Å². The quantitative estimate of drug-likeness (QED) is 0.808. The minimum atomic E-state index is -0.196. The van der Waals surface area contributed by atoms with Gasteiger partial charge >= 0.3 is 0 Å². The molecular formula is C21H21NO3. The number of hydrogen-bond donors (Lipinski definition) is 0. The van der Waals surface area contributed by atoms with Gasteiger partial charge in [-0.15, -0.1) is 0 Å². The van der Waals surface area contributed by atoms with Gasteiger partial charge in [0.1, 0.15) is 0 Å². The highest BCUT2D eigenvalue weighted by Gasteiger charge is 2.34. The smallest absolute Gasteiger partial charge is 0.261 e. The summed E-state index contributed by atoms with van der Waals surface area (Å²) in [6, 6.07) is 12.0. The van der Waals surface area contributed by atoms with E-state index in [1.807, 2.05) is 37.3 Å². The van der Waals surface area contributed by atoms with Crippen molar-refractivity contribution in [3.63, 3.8) is 0 Å². The Kier molecular flexibility index (Phi) is 4.14. The van der Waals surface area contributed by atoms with Crippen LogP contribution in [0.3, 0.4) is 0 Å². The maximum Gasteiger partial charge on any atom is 0.261 e. The van der Waals surface area contributed by atoms with Crippen LogP contribution in [0.25, 0.3) is 16.3 Å². The summed E-state index contributed by atoms with van der Waals surface area (Å²) in [6.07, 6.45) is 3.32. The third-order valence-electron chi connectivity index (χ3n) is 5.20. The number of carbonyl (C=O) groups is 2. The van der Waals surface area contributed by atoms with Crippen molar-refractivity contribution in [3.05, 3.63) is 53.6 Å². The first-order chi connectivity index (χ1) is 12.1. The minimum absolute atomic E-state index is 0.170. The van der Waals surface area contributed by atoms with Crippen LogP contribution in [0.15, 0.2) is 42.5 Å². The molecule has 128 valence electrons. The molecule has 4 nitrogen and oxygen atoms in total. The van der Waals surface area contributed by atoms with E-state index < -0.39 is 0 Å². The topological polar surface area (TPSA) is 46.6 Å². The van der Waals surface area contributed by atoms with E-state index in [1.165, 1.54) is 11.0 Å². The van der Waals surface area contributed by atoms with Crippen LogP contribution in [0, 0.1) is 12.8 Å². The molecule has 0 saturated carbocycles. The molecule has 2 aromatic carbocycles. The summed E-state index contributed by atoms with van der Waals surface area (Å²) in [4.78, 5) is 26.9. The fraction of sp³-hybridized carbons (Fsp3) is 0.333. The molecule has 0 unspecified atom stereocenters. The lowest BCUT2D eigenvalue weighted by atomic mass is 9.93. The van der Waals surface area contributed by atoms with Gasteiger partial charge in [0.05, 0.1) is 5.57 Å². The number of ether oxygens (including phenoxy) is 1. The van der Waals surface area contributed by atoms with Crippen LogP contribution in [0.4, 0.5) is 0 Å². The SMILES string of the molecule is Cc1ccc2ccccc2c1C1=CC(=O)N(CC2CCOCC2)C1=O. The van der Waals surface area contributed by atoms with Crippen molar-refractivity contribution in [2.24, 2.45) is 5.92 Å². The predicted octanol–water partition coefficient (Wildman–Crippen LogP) is 3.33. The monoisotopic (exact) mass is 335 g/mol. The predicted molar refractivity (Wildman–Crippen MR) is 96.9 cm³/mol. The largest absolute Gasteiger partial charge is 0.381 e. The van der Waals surface area contributed by atoms with Crippen molar-refractivity contribution in [1.29, 1.82) is 0 Å². The molecule has 2 aromatic rings. The summed E-state index contributed by atoms with van der Waals surface area (Å²) in [5.74, 6) is -0.0298. The average molecular weight is 335 g/mol. The molecule has 0 aromatic heterocycles. The summed E-state index contributed by atoms with van der Waals surface area (Å²) in [6.45, 7) is 3.90. The summed E-state index contributed by atoms with van der Waals surface area (Å²) in [7, 11) is 0. The summed E-state index contributed by atoms with van der Waals surface area (Å²) in [5.41, 5.74) is 2.41. The van der Waals surface area contributed by atoms with Crippen molar-refractivity contribution in [3.8, 4) is 0 Å². The van der Waals surface area contributed by atoms with Crippen LogP contribution >= 0.6 is 0 Å². The first-order valence-electron chi connectivity index (χ1n) is 8.79. The van der Waals surface area contributed by atoms with E-state index in [-0.39, 0.29) is 11.8 Å². The van der Waals surface area contributed by atoms with E-state index in [1.54, 1.807) is 0 Å². The van der Waals surface area contributed by atoms with Crippen LogP contribution in [-0.2, 0) is 14.3 Å². The molecule has 1 saturated heterocycles. The summed E-state index contributed by atoms with van der Waals surface area (Å²) >= 11 is 0. The van der Waals surface area contributed by atoms with Crippen LogP contribution in [0.2, 0.25) is 0 Å². The molecule has 2 heterocycles. The van der Waals surface area contributed by atoms with Gasteiger partial charge in [0.15, 0.2) is 0 Å². The second-order valence-corrected chi connectivity index (χ2v) is 6.85. The maximum absolute atomic E-state index is 13.0. The van der Waals surface area contributed by atoms with Crippen LogP contribution < -0.4 is 0 Å². The molecule has 0 spiro atoms. The molecule has 1 fully saturated rings. The third kappa shape index (κ3) is 2.87. The third-order valence-corrected chi connectivity index (χ3v) is 5.20. The standard InChI is InChI=1S/C21H21NO3/c1-14-6-7-16-4-2-3-5-17(16)20(14)18-12-19(23)22(21(18)24)13-15-8-10-25-11-9-15/h2-7,12,15H,8-11,13H2,1H3. The molecule has 4 heteroatoms. The summed E-state index contributed by atoms with van der Waals surface area (Å²) < 4.78 is 5.37. The molecule has 25 heavy (non-hydrogen) atoms. The number of rotatable bonds is 3. The second-order valence-electron chi connectivity index (χ2n) is 6.85. The Bertz CT molecular complexity index is 878. The van der Waals surface area contributed by atoms with E-state index in [0.29, 0.717) is 31.2 Å². The number of aryl methyl sites for hydroxylation is 1. The first kappa shape index (κ1) is 16.0. The fourth-order valence-electron chi connectivity index (χ4n) is 3.79. The number of nitrogens with zero attached hydrogens (tertiary/aromatic N) is 1. The number of benzene rings is 2. The molecular weight excluding hydrogens is 314 g/mol. The Morgan fingerprint density at radius 3 is 2.64 bits per heavy atom. The van der Waals surface area contributed by atoms with Crippen LogP contribution in [0.1, 0.15) is 24.0 Å². The highest BCUT2D eigenvalue weighted by Crippen LogP contribution is 2.33. The highest BCUT2D eigenvalue weighted by molar-refractivity contribution is 6.35. The van der Waals surface area contributed by atoms with Crippen LogP contribution in [0.5, 0.6) is 0 Å². The van der Waals surface area contributed by atoms with Gasteiger partial charge in [0.25, 0.3) is 11.8 Å². The molecule has 0 aliphatic carbocycles. The van der Waals surface area contributed by atoms with Gasteiger partial charge in [-0.3, -0.25) is 14.5 Å². The first-order valence-corrected chi connectivity index (χ1v) is 8.79. The van der Waals surface area contributed by atoms with Gasteiger partial charge in [-0.05, 0) is 47.6 Å². The number of hydrogen-bond acceptors (Lipinski definition) is 3. The van der Waals surface area contributed by atoms with Gasteiger partial charge in [0, 0.05) is 25.8 Å². The molecule has 0 radical (unpaired) electrons. The Labute approximate surface area is 147 Å². The van der Waals surface area contributed by atoms with Crippen molar-refractivity contribution < 1.29 is 14.3 Å². The van der Waals surface area contributed by atoms with Gasteiger partial charge in [-0.1, -0.05) is 36.4 Å². The van der Waals surface area contributed by atoms with E-state index in [9.17, 15) is 9.59 Å². The lowest BCUT2D eigenvalue weighted by molar-refractivity contribution is -0.137. The second kappa shape index (κ2) is 6.45. The van der Waals surface area contributed by atoms with Crippen LogP contribution in [-0.4, -0.2) is 36.5 Å². The maximum atomic E-state index is 13.0. The number of carbonyl (C=O) groups excluding carboxylic acids is 2. The Hall–Kier alpha value is -2.46. The molecule has 2 aliphatic rings. The zero-order valence-corrected chi connectivity index (χ0v) is 14.3. The van der Waals surface area contributed by atoms with Crippen molar-refractivity contribution in [1.82, 2.24) is 4.90 Å². The Morgan fingerprint density at radius 2 is 1.84 bits per heavy atom. The molecule has 0 atom stereocenters. The van der Waals surface area contributed by atoms with Gasteiger partial charge in [-0.2, -0.15) is 0 Å². The molecule has 2 aliphatic heterocycles. The average Bonchev–Trinajstić information content (AvgIpc) is 2.90. The zero-order valence-electron chi connectivity index (χ0n) is 14.3. The normalized spacial score (nSPS) is 18.9. The lowest BCUT2D eigenvalue weighted by Gasteiger charge is -2.26. The fourth-order valence-corrected chi connectivity index (χ4v) is 3.79. The zero-order chi connectivity index (χ0) is 17.4. The molecule has 2 amide bonds. The molecule has 0 N–H and O–H groups in total. The number of fused-ring (bicyclic) bond motifs is 1. The summed E-state index contributed by atoms with van der Waals surface area (Å²) in [5, 5.41) is 2.09. The minimum Gasteiger partial charge on any atom is -0.381 e. The van der Waals surface area contributed by atoms with E-state index in [0.717, 1.165) is 34.7 Å². The highest BCUT2D eigenvalue weighted by atomic mass is 16.5. The van der Waals surface area contributed by atoms with Crippen molar-refractivity contribution >= 4 is 28.2 Å². The molecule has 4 rings (SSSR count). The van der Waals surface area contributed by atoms with E-state index >= 15 is 0 Å².